The van der Waals surface area contributed by atoms with Crippen LogP contribution in [0.4, 0.5) is 0 Å². The van der Waals surface area contributed by atoms with E-state index in [1.54, 1.807) is 18.4 Å². The molecule has 0 radical (unpaired) electrons. The van der Waals surface area contributed by atoms with Gasteiger partial charge in [0.05, 0.1) is 13.7 Å². The first-order valence-corrected chi connectivity index (χ1v) is 5.78. The molecule has 0 unspecified atom stereocenters. The first-order chi connectivity index (χ1) is 6.76. The van der Waals surface area contributed by atoms with Gasteiger partial charge < -0.3 is 9.84 Å². The molecule has 4 heteroatoms. The molecule has 0 aliphatic heterocycles. The van der Waals surface area contributed by atoms with Gasteiger partial charge in [-0.15, -0.1) is 11.3 Å². The van der Waals surface area contributed by atoms with Crippen LogP contribution in [0.5, 0.6) is 5.75 Å². The number of benzene rings is 1. The van der Waals surface area contributed by atoms with Crippen LogP contribution in [0.1, 0.15) is 5.56 Å². The number of methoxy groups -OCH3 is 1. The lowest BCUT2D eigenvalue weighted by Gasteiger charge is -2.02. The lowest BCUT2D eigenvalue weighted by atomic mass is 10.2. The Morgan fingerprint density at radius 3 is 2.93 bits per heavy atom. The van der Waals surface area contributed by atoms with E-state index >= 15 is 0 Å². The molecule has 0 saturated carbocycles. The Balaban J connectivity index is 2.73. The highest BCUT2D eigenvalue weighted by atomic mass is 79.9. The monoisotopic (exact) mass is 272 g/mol. The molecule has 0 atom stereocenters. The van der Waals surface area contributed by atoms with E-state index in [2.05, 4.69) is 15.9 Å². The number of aliphatic hydroxyl groups is 1. The minimum absolute atomic E-state index is 0.0691. The Morgan fingerprint density at radius 2 is 2.29 bits per heavy atom. The zero-order valence-electron chi connectivity index (χ0n) is 7.58. The van der Waals surface area contributed by atoms with E-state index < -0.39 is 0 Å². The van der Waals surface area contributed by atoms with E-state index in [1.807, 2.05) is 17.5 Å². The molecule has 1 aromatic heterocycles. The molecule has 1 aromatic carbocycles. The largest absolute Gasteiger partial charge is 0.497 e. The van der Waals surface area contributed by atoms with Gasteiger partial charge in [-0.05, 0) is 39.0 Å². The van der Waals surface area contributed by atoms with E-state index in [4.69, 9.17) is 9.84 Å². The Labute approximate surface area is 94.3 Å². The number of fused-ring (bicyclic) bond motifs is 1. The van der Waals surface area contributed by atoms with Gasteiger partial charge in [0.25, 0.3) is 0 Å². The average Bonchev–Trinajstić information content (AvgIpc) is 2.61. The quantitative estimate of drug-likeness (QED) is 0.910. The summed E-state index contributed by atoms with van der Waals surface area (Å²) in [5.74, 6) is 0.803. The molecule has 2 nitrogen and oxygen atoms in total. The molecule has 2 aromatic rings. The molecule has 1 heterocycles. The normalized spacial score (nSPS) is 10.8. The maximum atomic E-state index is 9.13. The summed E-state index contributed by atoms with van der Waals surface area (Å²) < 4.78 is 7.32. The number of thiophene rings is 1. The lowest BCUT2D eigenvalue weighted by molar-refractivity contribution is 0.284. The second-order valence-corrected chi connectivity index (χ2v) is 4.64. The fourth-order valence-electron chi connectivity index (χ4n) is 1.36. The standard InChI is InChI=1S/C10H9BrO2S/c1-13-7-2-8-6(4-12)5-14-10(8)9(11)3-7/h2-3,5,12H,4H2,1H3. The van der Waals surface area contributed by atoms with Crippen LogP contribution in [0.15, 0.2) is 22.0 Å². The molecular formula is C10H9BrO2S. The highest BCUT2D eigenvalue weighted by molar-refractivity contribution is 9.10. The fraction of sp³-hybridized carbons (Fsp3) is 0.200. The Morgan fingerprint density at radius 1 is 1.50 bits per heavy atom. The van der Waals surface area contributed by atoms with Crippen molar-refractivity contribution in [1.29, 1.82) is 0 Å². The van der Waals surface area contributed by atoms with Crippen LogP contribution in [0.2, 0.25) is 0 Å². The van der Waals surface area contributed by atoms with E-state index in [9.17, 15) is 0 Å². The van der Waals surface area contributed by atoms with Gasteiger partial charge in [0.2, 0.25) is 0 Å². The first-order valence-electron chi connectivity index (χ1n) is 4.10. The van der Waals surface area contributed by atoms with Gasteiger partial charge in [0, 0.05) is 14.6 Å². The van der Waals surface area contributed by atoms with Crippen molar-refractivity contribution in [2.45, 2.75) is 6.61 Å². The summed E-state index contributed by atoms with van der Waals surface area (Å²) >= 11 is 5.10. The minimum Gasteiger partial charge on any atom is -0.497 e. The van der Waals surface area contributed by atoms with E-state index in [1.165, 1.54) is 0 Å². The van der Waals surface area contributed by atoms with Gasteiger partial charge in [-0.2, -0.15) is 0 Å². The van der Waals surface area contributed by atoms with E-state index in [0.717, 1.165) is 25.9 Å². The zero-order valence-corrected chi connectivity index (χ0v) is 9.98. The summed E-state index contributed by atoms with van der Waals surface area (Å²) in [5, 5.41) is 12.2. The third-order valence-electron chi connectivity index (χ3n) is 2.09. The van der Waals surface area contributed by atoms with Crippen molar-refractivity contribution >= 4 is 37.4 Å². The van der Waals surface area contributed by atoms with Crippen molar-refractivity contribution < 1.29 is 9.84 Å². The maximum Gasteiger partial charge on any atom is 0.120 e. The Hall–Kier alpha value is -0.580. The lowest BCUT2D eigenvalue weighted by Crippen LogP contribution is -1.84. The van der Waals surface area contributed by atoms with Crippen LogP contribution in [-0.2, 0) is 6.61 Å². The summed E-state index contributed by atoms with van der Waals surface area (Å²) in [5.41, 5.74) is 0.949. The van der Waals surface area contributed by atoms with Gasteiger partial charge in [-0.1, -0.05) is 0 Å². The van der Waals surface area contributed by atoms with E-state index in [-0.39, 0.29) is 6.61 Å². The fourth-order valence-corrected chi connectivity index (χ4v) is 3.03. The summed E-state index contributed by atoms with van der Waals surface area (Å²) in [7, 11) is 1.64. The summed E-state index contributed by atoms with van der Waals surface area (Å²) in [4.78, 5) is 0. The topological polar surface area (TPSA) is 29.5 Å². The number of ether oxygens (including phenoxy) is 1. The summed E-state index contributed by atoms with van der Waals surface area (Å²) in [6.45, 7) is 0.0691. The van der Waals surface area contributed by atoms with Crippen LogP contribution in [0, 0.1) is 0 Å². The number of aliphatic hydroxyl groups excluding tert-OH is 1. The van der Waals surface area contributed by atoms with Crippen molar-refractivity contribution in [2.24, 2.45) is 0 Å². The Bertz CT molecular complexity index is 464. The second kappa shape index (κ2) is 3.88. The van der Waals surface area contributed by atoms with Gasteiger partial charge >= 0.3 is 0 Å². The van der Waals surface area contributed by atoms with Gasteiger partial charge in [-0.25, -0.2) is 0 Å². The zero-order chi connectivity index (χ0) is 10.1. The maximum absolute atomic E-state index is 9.13. The van der Waals surface area contributed by atoms with Crippen LogP contribution in [-0.4, -0.2) is 12.2 Å². The van der Waals surface area contributed by atoms with Gasteiger partial charge in [-0.3, -0.25) is 0 Å². The smallest absolute Gasteiger partial charge is 0.120 e. The molecule has 0 aliphatic rings. The third kappa shape index (κ3) is 1.54. The first kappa shape index (κ1) is 9.96. The molecule has 14 heavy (non-hydrogen) atoms. The van der Waals surface area contributed by atoms with E-state index in [0.29, 0.717) is 0 Å². The molecule has 0 fully saturated rings. The van der Waals surface area contributed by atoms with Crippen molar-refractivity contribution in [2.75, 3.05) is 7.11 Å². The molecule has 74 valence electrons. The van der Waals surface area contributed by atoms with Crippen molar-refractivity contribution in [3.05, 3.63) is 27.5 Å². The average molecular weight is 273 g/mol. The Kier molecular flexibility index (Phi) is 2.76. The number of hydrogen-bond acceptors (Lipinski definition) is 3. The predicted molar refractivity (Wildman–Crippen MR) is 62.0 cm³/mol. The molecule has 0 bridgehead atoms. The van der Waals surface area contributed by atoms with Crippen molar-refractivity contribution in [3.8, 4) is 5.75 Å². The predicted octanol–water partition coefficient (Wildman–Crippen LogP) is 3.16. The molecule has 0 aliphatic carbocycles. The molecule has 0 saturated heterocycles. The third-order valence-corrected chi connectivity index (χ3v) is 4.05. The summed E-state index contributed by atoms with van der Waals surface area (Å²) in [6, 6.07) is 3.88. The van der Waals surface area contributed by atoms with Gasteiger partial charge in [0.1, 0.15) is 5.75 Å². The molecular weight excluding hydrogens is 264 g/mol. The number of halogens is 1. The highest BCUT2D eigenvalue weighted by Crippen LogP contribution is 2.35. The second-order valence-electron chi connectivity index (χ2n) is 2.90. The summed E-state index contributed by atoms with van der Waals surface area (Å²) in [6.07, 6.45) is 0. The number of hydrogen-bond donors (Lipinski definition) is 1. The minimum atomic E-state index is 0.0691. The van der Waals surface area contributed by atoms with Crippen LogP contribution in [0.25, 0.3) is 10.1 Å². The van der Waals surface area contributed by atoms with Crippen LogP contribution < -0.4 is 4.74 Å². The van der Waals surface area contributed by atoms with Crippen LogP contribution in [0.3, 0.4) is 0 Å². The number of rotatable bonds is 2. The van der Waals surface area contributed by atoms with Crippen molar-refractivity contribution in [1.82, 2.24) is 0 Å². The SMILES string of the molecule is COc1cc(Br)c2scc(CO)c2c1. The molecule has 2 rings (SSSR count). The van der Waals surface area contributed by atoms with Crippen molar-refractivity contribution in [3.63, 3.8) is 0 Å². The molecule has 1 N–H and O–H groups in total. The van der Waals surface area contributed by atoms with Gasteiger partial charge in [0.15, 0.2) is 0 Å². The highest BCUT2D eigenvalue weighted by Gasteiger charge is 2.08. The molecule has 0 spiro atoms. The molecule has 0 amide bonds. The van der Waals surface area contributed by atoms with Crippen LogP contribution >= 0.6 is 27.3 Å².